The minimum atomic E-state index is -2.81. The van der Waals surface area contributed by atoms with Crippen molar-refractivity contribution in [1.82, 2.24) is 15.1 Å². The Hall–Kier alpha value is -0.590. The Bertz CT molecular complexity index is 598. The Morgan fingerprint density at radius 2 is 2.24 bits per heavy atom. The van der Waals surface area contributed by atoms with E-state index in [9.17, 15) is 8.42 Å². The summed E-state index contributed by atoms with van der Waals surface area (Å²) in [6.07, 6.45) is 3.23. The molecule has 5 nitrogen and oxygen atoms in total. The summed E-state index contributed by atoms with van der Waals surface area (Å²) in [7, 11) is 1.02. The van der Waals surface area contributed by atoms with Crippen molar-refractivity contribution in [2.24, 2.45) is 13.0 Å². The van der Waals surface area contributed by atoms with Gasteiger partial charge in [0.25, 0.3) is 0 Å². The van der Waals surface area contributed by atoms with E-state index in [4.69, 9.17) is 11.6 Å². The third kappa shape index (κ3) is 3.99. The number of likely N-dealkylation sites (N-methyl/N-ethyl adjacent to an activating group) is 1. The first-order valence-electron chi connectivity index (χ1n) is 7.44. The molecule has 2 unspecified atom stereocenters. The standard InChI is InChI=1S/C14H24ClN3O2S/c1-4-12-14(15)13(18(3)17-12)8-11(16-2)7-10-5-6-21(19,20)9-10/h10-11,16H,4-9H2,1-3H3. The lowest BCUT2D eigenvalue weighted by Gasteiger charge is -2.19. The van der Waals surface area contributed by atoms with Crippen molar-refractivity contribution in [3.8, 4) is 0 Å². The molecule has 120 valence electrons. The SMILES string of the molecule is CCc1nn(C)c(CC(CC2CCS(=O)(=O)C2)NC)c1Cl. The molecule has 0 aliphatic carbocycles. The number of sulfone groups is 1. The molecule has 0 bridgehead atoms. The zero-order chi connectivity index (χ0) is 15.6. The molecule has 1 aromatic rings. The van der Waals surface area contributed by atoms with Crippen molar-refractivity contribution in [3.63, 3.8) is 0 Å². The van der Waals surface area contributed by atoms with E-state index in [-0.39, 0.29) is 12.0 Å². The zero-order valence-corrected chi connectivity index (χ0v) is 14.5. The highest BCUT2D eigenvalue weighted by atomic mass is 35.5. The average molecular weight is 334 g/mol. The minimum Gasteiger partial charge on any atom is -0.317 e. The lowest BCUT2D eigenvalue weighted by molar-refractivity contribution is 0.417. The number of nitrogens with zero attached hydrogens (tertiary/aromatic N) is 2. The van der Waals surface area contributed by atoms with Crippen LogP contribution < -0.4 is 5.32 Å². The van der Waals surface area contributed by atoms with Gasteiger partial charge in [0.05, 0.1) is 27.9 Å². The highest BCUT2D eigenvalue weighted by Gasteiger charge is 2.30. The number of rotatable bonds is 6. The van der Waals surface area contributed by atoms with Crippen molar-refractivity contribution < 1.29 is 8.42 Å². The average Bonchev–Trinajstić information content (AvgIpc) is 2.90. The maximum absolute atomic E-state index is 11.6. The first-order chi connectivity index (χ1) is 9.86. The molecule has 0 aromatic carbocycles. The van der Waals surface area contributed by atoms with Crippen molar-refractivity contribution in [2.45, 2.75) is 38.6 Å². The molecule has 2 atom stereocenters. The molecule has 1 aromatic heterocycles. The summed E-state index contributed by atoms with van der Waals surface area (Å²) >= 11 is 6.39. The van der Waals surface area contributed by atoms with Gasteiger partial charge in [0.2, 0.25) is 0 Å². The summed E-state index contributed by atoms with van der Waals surface area (Å²) in [5, 5.41) is 8.47. The summed E-state index contributed by atoms with van der Waals surface area (Å²) in [6.45, 7) is 2.04. The van der Waals surface area contributed by atoms with E-state index in [0.29, 0.717) is 11.5 Å². The number of hydrogen-bond donors (Lipinski definition) is 1. The molecule has 0 amide bonds. The second-order valence-electron chi connectivity index (χ2n) is 5.88. The lowest BCUT2D eigenvalue weighted by Crippen LogP contribution is -2.31. The molecular formula is C14H24ClN3O2S. The fourth-order valence-corrected chi connectivity index (χ4v) is 5.29. The van der Waals surface area contributed by atoms with Crippen LogP contribution in [0.4, 0.5) is 0 Å². The summed E-state index contributed by atoms with van der Waals surface area (Å²) in [5.74, 6) is 0.913. The van der Waals surface area contributed by atoms with Gasteiger partial charge < -0.3 is 5.32 Å². The molecule has 1 saturated heterocycles. The number of aromatic nitrogens is 2. The monoisotopic (exact) mass is 333 g/mol. The van der Waals surface area contributed by atoms with Crippen molar-refractivity contribution in [2.75, 3.05) is 18.6 Å². The first kappa shape index (κ1) is 16.8. The highest BCUT2D eigenvalue weighted by Crippen LogP contribution is 2.26. The van der Waals surface area contributed by atoms with Crippen molar-refractivity contribution >= 4 is 21.4 Å². The third-order valence-electron chi connectivity index (χ3n) is 4.30. The molecule has 2 heterocycles. The molecule has 0 radical (unpaired) electrons. The first-order valence-corrected chi connectivity index (χ1v) is 9.64. The maximum Gasteiger partial charge on any atom is 0.150 e. The molecule has 2 rings (SSSR count). The third-order valence-corrected chi connectivity index (χ3v) is 6.57. The van der Waals surface area contributed by atoms with Crippen LogP contribution in [0.2, 0.25) is 5.02 Å². The summed E-state index contributed by atoms with van der Waals surface area (Å²) in [4.78, 5) is 0. The summed E-state index contributed by atoms with van der Waals surface area (Å²) in [6, 6.07) is 0.223. The van der Waals surface area contributed by atoms with Crippen molar-refractivity contribution in [1.29, 1.82) is 0 Å². The smallest absolute Gasteiger partial charge is 0.150 e. The van der Waals surface area contributed by atoms with Gasteiger partial charge in [-0.3, -0.25) is 4.68 Å². The second-order valence-corrected chi connectivity index (χ2v) is 8.49. The van der Waals surface area contributed by atoms with E-state index in [0.717, 1.165) is 42.1 Å². The fourth-order valence-electron chi connectivity index (χ4n) is 3.04. The molecule has 1 aliphatic rings. The highest BCUT2D eigenvalue weighted by molar-refractivity contribution is 7.91. The van der Waals surface area contributed by atoms with Crippen LogP contribution in [0.1, 0.15) is 31.2 Å². The minimum absolute atomic E-state index is 0.223. The van der Waals surface area contributed by atoms with Gasteiger partial charge in [-0.25, -0.2) is 8.42 Å². The number of nitrogens with one attached hydrogen (secondary N) is 1. The van der Waals surface area contributed by atoms with Gasteiger partial charge in [0, 0.05) is 19.5 Å². The van der Waals surface area contributed by atoms with Crippen LogP contribution in [0.3, 0.4) is 0 Å². The summed E-state index contributed by atoms with van der Waals surface area (Å²) in [5.41, 5.74) is 1.95. The number of hydrogen-bond acceptors (Lipinski definition) is 4. The van der Waals surface area contributed by atoms with Crippen molar-refractivity contribution in [3.05, 3.63) is 16.4 Å². The molecule has 21 heavy (non-hydrogen) atoms. The normalized spacial score (nSPS) is 22.6. The Balaban J connectivity index is 2.04. The quantitative estimate of drug-likeness (QED) is 0.858. The Morgan fingerprint density at radius 1 is 1.52 bits per heavy atom. The fraction of sp³-hybridized carbons (Fsp3) is 0.786. The van der Waals surface area contributed by atoms with Crippen LogP contribution in [-0.2, 0) is 29.7 Å². The number of aryl methyl sites for hydroxylation is 2. The van der Waals surface area contributed by atoms with Gasteiger partial charge in [0.15, 0.2) is 9.84 Å². The van der Waals surface area contributed by atoms with Gasteiger partial charge in [0.1, 0.15) is 0 Å². The predicted molar refractivity (Wildman–Crippen MR) is 85.5 cm³/mol. The second kappa shape index (κ2) is 6.67. The van der Waals surface area contributed by atoms with Crippen LogP contribution in [0.5, 0.6) is 0 Å². The van der Waals surface area contributed by atoms with E-state index in [2.05, 4.69) is 10.4 Å². The molecule has 1 N–H and O–H groups in total. The van der Waals surface area contributed by atoms with Crippen LogP contribution in [0.25, 0.3) is 0 Å². The Labute approximate surface area is 132 Å². The lowest BCUT2D eigenvalue weighted by atomic mass is 9.96. The van der Waals surface area contributed by atoms with Gasteiger partial charge in [-0.05, 0) is 32.2 Å². The molecule has 0 saturated carbocycles. The van der Waals surface area contributed by atoms with Gasteiger partial charge in [-0.1, -0.05) is 18.5 Å². The van der Waals surface area contributed by atoms with Gasteiger partial charge in [-0.2, -0.15) is 5.10 Å². The number of halogens is 1. The van der Waals surface area contributed by atoms with Gasteiger partial charge >= 0.3 is 0 Å². The van der Waals surface area contributed by atoms with E-state index in [1.165, 1.54) is 0 Å². The van der Waals surface area contributed by atoms with Crippen LogP contribution in [-0.4, -0.2) is 42.8 Å². The van der Waals surface area contributed by atoms with E-state index < -0.39 is 9.84 Å². The Morgan fingerprint density at radius 3 is 2.71 bits per heavy atom. The predicted octanol–water partition coefficient (Wildman–Crippen LogP) is 1.59. The van der Waals surface area contributed by atoms with E-state index in [1.807, 2.05) is 25.7 Å². The van der Waals surface area contributed by atoms with Crippen LogP contribution in [0, 0.1) is 5.92 Å². The largest absolute Gasteiger partial charge is 0.317 e. The molecule has 1 aliphatic heterocycles. The molecule has 7 heteroatoms. The van der Waals surface area contributed by atoms with Crippen LogP contribution >= 0.6 is 11.6 Å². The Kier molecular flexibility index (Phi) is 5.33. The van der Waals surface area contributed by atoms with Crippen LogP contribution in [0.15, 0.2) is 0 Å². The van der Waals surface area contributed by atoms with E-state index in [1.54, 1.807) is 0 Å². The van der Waals surface area contributed by atoms with Gasteiger partial charge in [-0.15, -0.1) is 0 Å². The topological polar surface area (TPSA) is 64.0 Å². The zero-order valence-electron chi connectivity index (χ0n) is 12.9. The molecule has 1 fully saturated rings. The molecule has 0 spiro atoms. The van der Waals surface area contributed by atoms with E-state index >= 15 is 0 Å². The maximum atomic E-state index is 11.6. The summed E-state index contributed by atoms with van der Waals surface area (Å²) < 4.78 is 25.0. The molecular weight excluding hydrogens is 310 g/mol.